The van der Waals surface area contributed by atoms with Gasteiger partial charge < -0.3 is 15.2 Å². The second-order valence-electron chi connectivity index (χ2n) is 6.39. The van der Waals surface area contributed by atoms with E-state index in [0.29, 0.717) is 5.56 Å². The molecule has 0 saturated heterocycles. The first-order chi connectivity index (χ1) is 14.9. The molecular formula is C22H19FN2O5S. The van der Waals surface area contributed by atoms with Crippen molar-refractivity contribution in [1.29, 1.82) is 0 Å². The van der Waals surface area contributed by atoms with Crippen LogP contribution in [0.2, 0.25) is 0 Å². The number of rotatable bonds is 6. The summed E-state index contributed by atoms with van der Waals surface area (Å²) in [5.74, 6) is -1.68. The zero-order valence-electron chi connectivity index (χ0n) is 16.5. The highest BCUT2D eigenvalue weighted by atomic mass is 32.1. The fraction of sp³-hybridized carbons (Fsp3) is 0.136. The number of nitrogens with zero attached hydrogens (tertiary/aromatic N) is 1. The quantitative estimate of drug-likeness (QED) is 0.565. The number of carbonyl (C=O) groups excluding carboxylic acids is 2. The largest absolute Gasteiger partial charge is 0.508 e. The van der Waals surface area contributed by atoms with E-state index in [1.54, 1.807) is 25.1 Å². The molecule has 3 rings (SSSR count). The molecule has 0 atom stereocenters. The summed E-state index contributed by atoms with van der Waals surface area (Å²) in [5, 5.41) is 12.2. The second kappa shape index (κ2) is 9.86. The van der Waals surface area contributed by atoms with Crippen LogP contribution < -0.4 is 20.1 Å². The van der Waals surface area contributed by atoms with Crippen LogP contribution in [0.25, 0.3) is 12.2 Å². The van der Waals surface area contributed by atoms with Crippen molar-refractivity contribution in [2.24, 2.45) is 0 Å². The number of nitrogens with one attached hydrogen (secondary N) is 1. The second-order valence-corrected chi connectivity index (χ2v) is 7.45. The molecule has 160 valence electrons. The summed E-state index contributed by atoms with van der Waals surface area (Å²) < 4.78 is 19.9. The Hall–Kier alpha value is -3.72. The van der Waals surface area contributed by atoms with Crippen LogP contribution >= 0.6 is 11.3 Å². The Morgan fingerprint density at radius 2 is 2.00 bits per heavy atom. The van der Waals surface area contributed by atoms with Crippen molar-refractivity contribution in [2.45, 2.75) is 13.5 Å². The van der Waals surface area contributed by atoms with Crippen molar-refractivity contribution in [2.75, 3.05) is 11.9 Å². The van der Waals surface area contributed by atoms with Gasteiger partial charge in [0.2, 0.25) is 5.91 Å². The van der Waals surface area contributed by atoms with Crippen LogP contribution in [0.15, 0.2) is 53.3 Å². The van der Waals surface area contributed by atoms with Crippen LogP contribution in [-0.4, -0.2) is 28.2 Å². The zero-order chi connectivity index (χ0) is 22.4. The Bertz CT molecular complexity index is 1300. The van der Waals surface area contributed by atoms with Gasteiger partial charge in [-0.3, -0.25) is 14.2 Å². The van der Waals surface area contributed by atoms with E-state index in [9.17, 15) is 23.9 Å². The Kier molecular flexibility index (Phi) is 6.99. The van der Waals surface area contributed by atoms with E-state index < -0.39 is 23.3 Å². The maximum absolute atomic E-state index is 13.3. The number of halogens is 1. The molecular weight excluding hydrogens is 423 g/mol. The highest BCUT2D eigenvalue weighted by Gasteiger charge is 2.12. The minimum absolute atomic E-state index is 0.0402. The topological polar surface area (TPSA) is 97.6 Å². The van der Waals surface area contributed by atoms with Gasteiger partial charge in [0, 0.05) is 5.69 Å². The fourth-order valence-corrected chi connectivity index (χ4v) is 3.78. The molecule has 0 spiro atoms. The van der Waals surface area contributed by atoms with Crippen molar-refractivity contribution in [1.82, 2.24) is 4.57 Å². The van der Waals surface area contributed by atoms with E-state index in [1.165, 1.54) is 30.3 Å². The van der Waals surface area contributed by atoms with Gasteiger partial charge in [0.15, 0.2) is 0 Å². The lowest BCUT2D eigenvalue weighted by Crippen LogP contribution is -2.36. The van der Waals surface area contributed by atoms with Crippen LogP contribution in [0.5, 0.6) is 5.75 Å². The average Bonchev–Trinajstić information content (AvgIpc) is 2.97. The van der Waals surface area contributed by atoms with Gasteiger partial charge in [-0.25, -0.2) is 9.18 Å². The van der Waals surface area contributed by atoms with Crippen LogP contribution in [0, 0.1) is 5.82 Å². The fourth-order valence-electron chi connectivity index (χ4n) is 2.75. The number of hydrogen-bond acceptors (Lipinski definition) is 6. The van der Waals surface area contributed by atoms with Crippen LogP contribution in [0.3, 0.4) is 0 Å². The Morgan fingerprint density at radius 3 is 2.71 bits per heavy atom. The first kappa shape index (κ1) is 22.0. The number of phenolic OH excluding ortho intramolecular Hbond substituents is 1. The standard InChI is InChI=1S/C22H19FN2O5S/c1-2-30-21(28)12-20-25(13-19(27)24-16-7-4-6-15(23)11-16)22(29)18(31-20)10-14-5-3-8-17(26)9-14/h3-12,26H,2,13H2,1H3,(H,24,27). The monoisotopic (exact) mass is 442 g/mol. The molecule has 1 amide bonds. The van der Waals surface area contributed by atoms with Gasteiger partial charge in [0.25, 0.3) is 5.56 Å². The van der Waals surface area contributed by atoms with Gasteiger partial charge in [-0.15, -0.1) is 11.3 Å². The molecule has 0 radical (unpaired) electrons. The number of hydrogen-bond donors (Lipinski definition) is 2. The van der Waals surface area contributed by atoms with E-state index in [1.807, 2.05) is 0 Å². The number of thiazole rings is 1. The van der Waals surface area contributed by atoms with Crippen molar-refractivity contribution in [3.8, 4) is 5.75 Å². The minimum Gasteiger partial charge on any atom is -0.508 e. The average molecular weight is 442 g/mol. The lowest BCUT2D eigenvalue weighted by Gasteiger charge is -2.06. The Morgan fingerprint density at radius 1 is 1.23 bits per heavy atom. The summed E-state index contributed by atoms with van der Waals surface area (Å²) in [6, 6.07) is 11.7. The van der Waals surface area contributed by atoms with Gasteiger partial charge >= 0.3 is 5.97 Å². The van der Waals surface area contributed by atoms with Crippen LogP contribution in [-0.2, 0) is 20.9 Å². The summed E-state index contributed by atoms with van der Waals surface area (Å²) >= 11 is 1.01. The van der Waals surface area contributed by atoms with Gasteiger partial charge in [-0.2, -0.15) is 0 Å². The summed E-state index contributed by atoms with van der Waals surface area (Å²) in [6.07, 6.45) is 2.70. The lowest BCUT2D eigenvalue weighted by atomic mass is 10.2. The van der Waals surface area contributed by atoms with Crippen molar-refractivity contribution >= 4 is 41.1 Å². The third-order valence-corrected chi connectivity index (χ3v) is 5.10. The Labute approximate surface area is 180 Å². The zero-order valence-corrected chi connectivity index (χ0v) is 17.3. The molecule has 2 aromatic carbocycles. The molecule has 7 nitrogen and oxygen atoms in total. The van der Waals surface area contributed by atoms with Crippen molar-refractivity contribution in [3.05, 3.63) is 79.5 Å². The Balaban J connectivity index is 2.00. The number of phenols is 1. The first-order valence-electron chi connectivity index (χ1n) is 9.30. The normalized spacial score (nSPS) is 12.1. The number of aromatic hydroxyl groups is 1. The van der Waals surface area contributed by atoms with E-state index in [4.69, 9.17) is 4.74 Å². The molecule has 2 N–H and O–H groups in total. The van der Waals surface area contributed by atoms with Crippen molar-refractivity contribution in [3.63, 3.8) is 0 Å². The molecule has 1 heterocycles. The molecule has 0 unspecified atom stereocenters. The molecule has 31 heavy (non-hydrogen) atoms. The summed E-state index contributed by atoms with van der Waals surface area (Å²) in [5.41, 5.74) is 0.339. The molecule has 0 saturated carbocycles. The number of aromatic nitrogens is 1. The molecule has 0 bridgehead atoms. The van der Waals surface area contributed by atoms with Crippen molar-refractivity contribution < 1.29 is 23.8 Å². The van der Waals surface area contributed by atoms with E-state index in [0.717, 1.165) is 28.0 Å². The van der Waals surface area contributed by atoms with E-state index >= 15 is 0 Å². The highest BCUT2D eigenvalue weighted by Crippen LogP contribution is 2.11. The number of anilines is 1. The van der Waals surface area contributed by atoms with E-state index in [-0.39, 0.29) is 33.8 Å². The molecule has 0 aliphatic heterocycles. The molecule has 0 aliphatic rings. The molecule has 3 aromatic rings. The lowest BCUT2D eigenvalue weighted by molar-refractivity contribution is -0.135. The number of ether oxygens (including phenoxy) is 1. The third-order valence-electron chi connectivity index (χ3n) is 4.04. The summed E-state index contributed by atoms with van der Waals surface area (Å²) in [6.45, 7) is 1.43. The van der Waals surface area contributed by atoms with Gasteiger partial charge in [-0.1, -0.05) is 18.2 Å². The van der Waals surface area contributed by atoms with Gasteiger partial charge in [0.05, 0.1) is 17.2 Å². The number of carbonyl (C=O) groups is 2. The first-order valence-corrected chi connectivity index (χ1v) is 10.1. The molecule has 0 aliphatic carbocycles. The minimum atomic E-state index is -0.646. The molecule has 1 aromatic heterocycles. The van der Waals surface area contributed by atoms with Gasteiger partial charge in [-0.05, 0) is 48.9 Å². The number of benzene rings is 2. The predicted molar refractivity (Wildman–Crippen MR) is 116 cm³/mol. The maximum Gasteiger partial charge on any atom is 0.333 e. The number of esters is 1. The predicted octanol–water partition coefficient (Wildman–Crippen LogP) is 1.57. The van der Waals surface area contributed by atoms with Crippen LogP contribution in [0.1, 0.15) is 12.5 Å². The van der Waals surface area contributed by atoms with E-state index in [2.05, 4.69) is 5.32 Å². The van der Waals surface area contributed by atoms with Crippen LogP contribution in [0.4, 0.5) is 10.1 Å². The SMILES string of the molecule is CCOC(=O)C=c1sc(=Cc2cccc(O)c2)c(=O)n1CC(=O)Nc1cccc(F)c1. The third kappa shape index (κ3) is 5.89. The highest BCUT2D eigenvalue weighted by molar-refractivity contribution is 7.07. The summed E-state index contributed by atoms with van der Waals surface area (Å²) in [7, 11) is 0. The maximum atomic E-state index is 13.3. The molecule has 9 heteroatoms. The molecule has 0 fully saturated rings. The van der Waals surface area contributed by atoms with Gasteiger partial charge in [0.1, 0.15) is 22.8 Å². The smallest absolute Gasteiger partial charge is 0.333 e. The number of amides is 1. The summed E-state index contributed by atoms with van der Waals surface area (Å²) in [4.78, 5) is 37.3.